The summed E-state index contributed by atoms with van der Waals surface area (Å²) in [6.45, 7) is 2.16. The van der Waals surface area contributed by atoms with E-state index in [4.69, 9.17) is 10.2 Å². The Labute approximate surface area is 100.0 Å². The summed E-state index contributed by atoms with van der Waals surface area (Å²) in [4.78, 5) is 4.57. The van der Waals surface area contributed by atoms with Crippen LogP contribution in [-0.4, -0.2) is 4.98 Å². The van der Waals surface area contributed by atoms with Crippen LogP contribution in [0.25, 0.3) is 17.5 Å². The maximum atomic E-state index is 5.76. The highest BCUT2D eigenvalue weighted by molar-refractivity contribution is 5.60. The monoisotopic (exact) mass is 226 g/mol. The Morgan fingerprint density at radius 2 is 2.06 bits per heavy atom. The number of rotatable bonds is 1. The van der Waals surface area contributed by atoms with Crippen molar-refractivity contribution < 1.29 is 4.42 Å². The lowest BCUT2D eigenvalue weighted by Gasteiger charge is -2.08. The summed E-state index contributed by atoms with van der Waals surface area (Å²) in [5.74, 6) is 1.99. The molecule has 1 aromatic carbocycles. The van der Waals surface area contributed by atoms with Crippen molar-refractivity contribution in [3.63, 3.8) is 0 Å². The molecule has 3 nitrogen and oxygen atoms in total. The molecule has 0 aliphatic heterocycles. The predicted octanol–water partition coefficient (Wildman–Crippen LogP) is 3.44. The fourth-order valence-corrected chi connectivity index (χ4v) is 2.06. The van der Waals surface area contributed by atoms with Crippen molar-refractivity contribution in [2.75, 3.05) is 5.73 Å². The number of nitrogen functional groups attached to an aromatic ring is 1. The van der Waals surface area contributed by atoms with Crippen LogP contribution < -0.4 is 5.73 Å². The van der Waals surface area contributed by atoms with Gasteiger partial charge in [0, 0.05) is 17.2 Å². The molecule has 2 aromatic rings. The Balaban J connectivity index is 2.05. The van der Waals surface area contributed by atoms with Gasteiger partial charge in [-0.1, -0.05) is 13.0 Å². The molecule has 17 heavy (non-hydrogen) atoms. The van der Waals surface area contributed by atoms with Crippen molar-refractivity contribution in [1.29, 1.82) is 0 Å². The van der Waals surface area contributed by atoms with Crippen LogP contribution in [0.5, 0.6) is 0 Å². The van der Waals surface area contributed by atoms with Crippen molar-refractivity contribution in [1.82, 2.24) is 4.98 Å². The maximum absolute atomic E-state index is 5.76. The molecule has 0 spiro atoms. The number of nitrogens with zero attached hydrogens (tertiary/aromatic N) is 1. The van der Waals surface area contributed by atoms with E-state index in [1.54, 1.807) is 0 Å². The molecule has 1 aromatic heterocycles. The van der Waals surface area contributed by atoms with Crippen molar-refractivity contribution in [2.45, 2.75) is 19.3 Å². The van der Waals surface area contributed by atoms with E-state index in [2.05, 4.69) is 18.0 Å². The Bertz CT molecular complexity index is 566. The van der Waals surface area contributed by atoms with Gasteiger partial charge in [-0.25, -0.2) is 4.98 Å². The molecule has 0 saturated heterocycles. The maximum Gasteiger partial charge on any atom is 0.226 e. The van der Waals surface area contributed by atoms with E-state index in [0.717, 1.165) is 29.1 Å². The van der Waals surface area contributed by atoms with E-state index in [-0.39, 0.29) is 0 Å². The first-order valence-corrected chi connectivity index (χ1v) is 5.77. The number of oxazole rings is 1. The number of aromatic nitrogens is 1. The number of hydrogen-bond acceptors (Lipinski definition) is 3. The van der Waals surface area contributed by atoms with E-state index >= 15 is 0 Å². The van der Waals surface area contributed by atoms with E-state index in [1.165, 1.54) is 0 Å². The van der Waals surface area contributed by atoms with Gasteiger partial charge in [0.25, 0.3) is 0 Å². The van der Waals surface area contributed by atoms with Crippen LogP contribution in [0, 0.1) is 0 Å². The lowest BCUT2D eigenvalue weighted by Crippen LogP contribution is -1.98. The van der Waals surface area contributed by atoms with Crippen molar-refractivity contribution in [3.05, 3.63) is 41.8 Å². The molecule has 1 atom stereocenters. The van der Waals surface area contributed by atoms with Crippen LogP contribution in [0.4, 0.5) is 5.69 Å². The molecule has 0 fully saturated rings. The number of nitrogens with two attached hydrogens (primary N) is 1. The molecule has 2 N–H and O–H groups in total. The SMILES string of the molecule is CC1CC=Cc2oc(-c3ccc(N)cc3)nc21. The summed E-state index contributed by atoms with van der Waals surface area (Å²) < 4.78 is 5.76. The Hall–Kier alpha value is -2.03. The van der Waals surface area contributed by atoms with Crippen LogP contribution in [0.15, 0.2) is 34.8 Å². The van der Waals surface area contributed by atoms with E-state index in [1.807, 2.05) is 30.3 Å². The number of allylic oxidation sites excluding steroid dienone is 1. The van der Waals surface area contributed by atoms with Crippen molar-refractivity contribution in [2.24, 2.45) is 0 Å². The molecule has 0 radical (unpaired) electrons. The van der Waals surface area contributed by atoms with E-state index < -0.39 is 0 Å². The van der Waals surface area contributed by atoms with E-state index in [9.17, 15) is 0 Å². The predicted molar refractivity (Wildman–Crippen MR) is 68.4 cm³/mol. The lowest BCUT2D eigenvalue weighted by atomic mass is 9.98. The van der Waals surface area contributed by atoms with Gasteiger partial charge >= 0.3 is 0 Å². The zero-order valence-corrected chi connectivity index (χ0v) is 9.68. The molecule has 3 rings (SSSR count). The molecule has 0 amide bonds. The molecule has 1 heterocycles. The largest absolute Gasteiger partial charge is 0.436 e. The number of fused-ring (bicyclic) bond motifs is 1. The van der Waals surface area contributed by atoms with Crippen molar-refractivity contribution >= 4 is 11.8 Å². The molecular formula is C14H14N2O. The van der Waals surface area contributed by atoms with Crippen LogP contribution >= 0.6 is 0 Å². The second-order valence-electron chi connectivity index (χ2n) is 4.43. The zero-order chi connectivity index (χ0) is 11.8. The summed E-state index contributed by atoms with van der Waals surface area (Å²) in [5.41, 5.74) is 8.43. The highest BCUT2D eigenvalue weighted by atomic mass is 16.4. The van der Waals surface area contributed by atoms with Gasteiger partial charge in [0.1, 0.15) is 0 Å². The Kier molecular flexibility index (Phi) is 2.25. The minimum Gasteiger partial charge on any atom is -0.436 e. The molecule has 1 aliphatic carbocycles. The molecule has 3 heteroatoms. The average molecular weight is 226 g/mol. The number of anilines is 1. The van der Waals surface area contributed by atoms with Gasteiger partial charge in [-0.05, 0) is 36.8 Å². The van der Waals surface area contributed by atoms with Crippen LogP contribution in [0.2, 0.25) is 0 Å². The van der Waals surface area contributed by atoms with Gasteiger partial charge < -0.3 is 10.2 Å². The third kappa shape index (κ3) is 1.73. The second-order valence-corrected chi connectivity index (χ2v) is 4.43. The molecule has 0 bridgehead atoms. The lowest BCUT2D eigenvalue weighted by molar-refractivity contribution is 0.556. The van der Waals surface area contributed by atoms with Gasteiger partial charge in [-0.2, -0.15) is 0 Å². The molecule has 0 saturated carbocycles. The minimum absolute atomic E-state index is 0.432. The smallest absolute Gasteiger partial charge is 0.226 e. The summed E-state index contributed by atoms with van der Waals surface area (Å²) >= 11 is 0. The first kappa shape index (κ1) is 10.1. The fraction of sp³-hybridized carbons (Fsp3) is 0.214. The minimum atomic E-state index is 0.432. The fourth-order valence-electron chi connectivity index (χ4n) is 2.06. The highest BCUT2D eigenvalue weighted by Gasteiger charge is 2.20. The summed E-state index contributed by atoms with van der Waals surface area (Å²) in [6.07, 6.45) is 5.16. The molecule has 86 valence electrons. The summed E-state index contributed by atoms with van der Waals surface area (Å²) in [7, 11) is 0. The third-order valence-electron chi connectivity index (χ3n) is 3.06. The van der Waals surface area contributed by atoms with Gasteiger partial charge in [0.15, 0.2) is 5.76 Å². The summed E-state index contributed by atoms with van der Waals surface area (Å²) in [5, 5.41) is 0. The molecule has 1 aliphatic rings. The summed E-state index contributed by atoms with van der Waals surface area (Å²) in [6, 6.07) is 7.58. The molecular weight excluding hydrogens is 212 g/mol. The van der Waals surface area contributed by atoms with Crippen molar-refractivity contribution in [3.8, 4) is 11.5 Å². The zero-order valence-electron chi connectivity index (χ0n) is 9.68. The van der Waals surface area contributed by atoms with Gasteiger partial charge in [0.05, 0.1) is 5.69 Å². The first-order chi connectivity index (χ1) is 8.24. The number of hydrogen-bond donors (Lipinski definition) is 1. The third-order valence-corrected chi connectivity index (χ3v) is 3.06. The highest BCUT2D eigenvalue weighted by Crippen LogP contribution is 2.32. The first-order valence-electron chi connectivity index (χ1n) is 5.77. The topological polar surface area (TPSA) is 52.0 Å². The Morgan fingerprint density at radius 3 is 2.76 bits per heavy atom. The standard InChI is InChI=1S/C14H14N2O/c1-9-3-2-4-12-13(9)16-14(17-12)10-5-7-11(15)8-6-10/h2,4-9H,3,15H2,1H3. The van der Waals surface area contributed by atoms with E-state index in [0.29, 0.717) is 11.8 Å². The molecule has 1 unspecified atom stereocenters. The number of benzene rings is 1. The van der Waals surface area contributed by atoms with Gasteiger partial charge in [-0.3, -0.25) is 0 Å². The van der Waals surface area contributed by atoms with Crippen LogP contribution in [0.3, 0.4) is 0 Å². The van der Waals surface area contributed by atoms with Gasteiger partial charge in [-0.15, -0.1) is 0 Å². The van der Waals surface area contributed by atoms with Crippen LogP contribution in [-0.2, 0) is 0 Å². The van der Waals surface area contributed by atoms with Crippen LogP contribution in [0.1, 0.15) is 30.7 Å². The second kappa shape index (κ2) is 3.77. The van der Waals surface area contributed by atoms with Gasteiger partial charge in [0.2, 0.25) is 5.89 Å². The average Bonchev–Trinajstić information content (AvgIpc) is 2.75. The quantitative estimate of drug-likeness (QED) is 0.758. The normalized spacial score (nSPS) is 18.1. The Morgan fingerprint density at radius 1 is 1.29 bits per heavy atom.